The van der Waals surface area contributed by atoms with Crippen molar-refractivity contribution in [1.82, 2.24) is 5.32 Å². The first-order valence-corrected chi connectivity index (χ1v) is 8.50. The van der Waals surface area contributed by atoms with Crippen molar-refractivity contribution in [3.8, 4) is 0 Å². The van der Waals surface area contributed by atoms with Gasteiger partial charge in [0, 0.05) is 12.2 Å². The molecule has 2 aromatic carbocycles. The minimum absolute atomic E-state index is 0.124. The summed E-state index contributed by atoms with van der Waals surface area (Å²) >= 11 is 5.52. The molecule has 0 aliphatic heterocycles. The Morgan fingerprint density at radius 1 is 1.04 bits per heavy atom. The van der Waals surface area contributed by atoms with Crippen LogP contribution in [0.25, 0.3) is 0 Å². The van der Waals surface area contributed by atoms with Crippen LogP contribution in [0.3, 0.4) is 0 Å². The highest BCUT2D eigenvalue weighted by Crippen LogP contribution is 2.36. The number of hydrogen-bond donors (Lipinski definition) is 2. The molecule has 0 unspecified atom stereocenters. The summed E-state index contributed by atoms with van der Waals surface area (Å²) in [5.74, 6) is -1.64. The Morgan fingerprint density at radius 3 is 2.22 bits per heavy atom. The Morgan fingerprint density at radius 2 is 1.67 bits per heavy atom. The number of nitrogens with one attached hydrogen (secondary N) is 2. The maximum atomic E-state index is 12.8. The van der Waals surface area contributed by atoms with Crippen molar-refractivity contribution in [1.29, 1.82) is 0 Å². The first-order chi connectivity index (χ1) is 12.6. The minimum Gasteiger partial charge on any atom is -0.344 e. The zero-order chi connectivity index (χ0) is 20.2. The van der Waals surface area contributed by atoms with Crippen LogP contribution in [-0.2, 0) is 22.3 Å². The first-order valence-electron chi connectivity index (χ1n) is 8.12. The molecule has 0 atom stereocenters. The summed E-state index contributed by atoms with van der Waals surface area (Å²) in [7, 11) is 0. The predicted molar refractivity (Wildman–Crippen MR) is 97.5 cm³/mol. The van der Waals surface area contributed by atoms with E-state index in [4.69, 9.17) is 11.6 Å². The number of rotatable bonds is 4. The van der Waals surface area contributed by atoms with Crippen LogP contribution in [-0.4, -0.2) is 11.8 Å². The van der Waals surface area contributed by atoms with Gasteiger partial charge < -0.3 is 10.6 Å². The van der Waals surface area contributed by atoms with Gasteiger partial charge in [0.1, 0.15) is 0 Å². The topological polar surface area (TPSA) is 58.2 Å². The van der Waals surface area contributed by atoms with Crippen LogP contribution in [0.4, 0.5) is 18.9 Å². The molecule has 0 spiro atoms. The van der Waals surface area contributed by atoms with Gasteiger partial charge in [-0.25, -0.2) is 0 Å². The quantitative estimate of drug-likeness (QED) is 0.731. The van der Waals surface area contributed by atoms with Crippen molar-refractivity contribution in [2.75, 3.05) is 5.32 Å². The lowest BCUT2D eigenvalue weighted by Crippen LogP contribution is -2.35. The van der Waals surface area contributed by atoms with Gasteiger partial charge >= 0.3 is 18.0 Å². The monoisotopic (exact) mass is 398 g/mol. The maximum Gasteiger partial charge on any atom is 0.417 e. The highest BCUT2D eigenvalue weighted by molar-refractivity contribution is 6.39. The minimum atomic E-state index is -4.66. The summed E-state index contributed by atoms with van der Waals surface area (Å²) in [4.78, 5) is 23.8. The Balaban J connectivity index is 1.97. The molecule has 0 fully saturated rings. The van der Waals surface area contributed by atoms with Gasteiger partial charge in [-0.3, -0.25) is 9.59 Å². The van der Waals surface area contributed by atoms with Crippen LogP contribution in [0, 0.1) is 0 Å². The van der Waals surface area contributed by atoms with Crippen LogP contribution in [0.15, 0.2) is 42.5 Å². The fraction of sp³-hybridized carbons (Fsp3) is 0.263. The highest BCUT2D eigenvalue weighted by Gasteiger charge is 2.33. The molecular formula is C19H18ClF3N2O2. The van der Waals surface area contributed by atoms with Gasteiger partial charge in [0.2, 0.25) is 0 Å². The lowest BCUT2D eigenvalue weighted by atomic mass is 10.0. The van der Waals surface area contributed by atoms with Gasteiger partial charge in [-0.15, -0.1) is 0 Å². The Hall–Kier alpha value is -2.54. The normalized spacial score (nSPS) is 11.4. The molecule has 0 radical (unpaired) electrons. The Kier molecular flexibility index (Phi) is 6.49. The molecule has 0 aromatic heterocycles. The van der Waals surface area contributed by atoms with E-state index in [1.807, 2.05) is 24.3 Å². The third kappa shape index (κ3) is 5.72. The zero-order valence-corrected chi connectivity index (χ0v) is 15.4. The average molecular weight is 399 g/mol. The molecule has 0 bridgehead atoms. The van der Waals surface area contributed by atoms with Crippen LogP contribution in [0.2, 0.25) is 5.02 Å². The largest absolute Gasteiger partial charge is 0.417 e. The van der Waals surface area contributed by atoms with Crippen molar-refractivity contribution >= 4 is 29.1 Å². The second kappa shape index (κ2) is 8.43. The fourth-order valence-electron chi connectivity index (χ4n) is 2.29. The Labute approximate surface area is 159 Å². The molecule has 8 heteroatoms. The standard InChI is InChI=1S/C19H18ClF3N2O2/c1-11(2)13-5-3-12(4-6-13)10-24-17(26)18(27)25-14-7-8-16(20)15(9-14)19(21,22)23/h3-9,11H,10H2,1-2H3,(H,24,26)(H,25,27). The van der Waals surface area contributed by atoms with E-state index in [0.29, 0.717) is 12.0 Å². The smallest absolute Gasteiger partial charge is 0.344 e. The Bertz CT molecular complexity index is 834. The third-order valence-electron chi connectivity index (χ3n) is 3.84. The molecule has 0 heterocycles. The molecule has 2 aromatic rings. The zero-order valence-electron chi connectivity index (χ0n) is 14.7. The van der Waals surface area contributed by atoms with Crippen LogP contribution >= 0.6 is 11.6 Å². The molecular weight excluding hydrogens is 381 g/mol. The molecule has 2 N–H and O–H groups in total. The SMILES string of the molecule is CC(C)c1ccc(CNC(=O)C(=O)Nc2ccc(Cl)c(C(F)(F)F)c2)cc1. The van der Waals surface area contributed by atoms with Gasteiger partial charge in [0.25, 0.3) is 0 Å². The lowest BCUT2D eigenvalue weighted by Gasteiger charge is -2.12. The van der Waals surface area contributed by atoms with Gasteiger partial charge in [-0.2, -0.15) is 13.2 Å². The van der Waals surface area contributed by atoms with Crippen LogP contribution < -0.4 is 10.6 Å². The van der Waals surface area contributed by atoms with Crippen molar-refractivity contribution < 1.29 is 22.8 Å². The van der Waals surface area contributed by atoms with E-state index >= 15 is 0 Å². The number of alkyl halides is 3. The maximum absolute atomic E-state index is 12.8. The number of halogens is 4. The van der Waals surface area contributed by atoms with Crippen LogP contribution in [0.5, 0.6) is 0 Å². The predicted octanol–water partition coefficient (Wildman–Crippen LogP) is 4.74. The van der Waals surface area contributed by atoms with E-state index in [-0.39, 0.29) is 12.2 Å². The van der Waals surface area contributed by atoms with Gasteiger partial charge in [-0.05, 0) is 35.2 Å². The van der Waals surface area contributed by atoms with Crippen LogP contribution in [0.1, 0.15) is 36.5 Å². The molecule has 0 aliphatic carbocycles. The third-order valence-corrected chi connectivity index (χ3v) is 4.16. The van der Waals surface area contributed by atoms with E-state index in [2.05, 4.69) is 24.5 Å². The van der Waals surface area contributed by atoms with Gasteiger partial charge in [0.05, 0.1) is 10.6 Å². The summed E-state index contributed by atoms with van der Waals surface area (Å²) in [6.45, 7) is 4.24. The number of hydrogen-bond acceptors (Lipinski definition) is 2. The van der Waals surface area contributed by atoms with Gasteiger partial charge in [-0.1, -0.05) is 49.7 Å². The summed E-state index contributed by atoms with van der Waals surface area (Å²) in [5, 5.41) is 4.07. The molecule has 4 nitrogen and oxygen atoms in total. The van der Waals surface area contributed by atoms with Crippen molar-refractivity contribution in [3.05, 3.63) is 64.2 Å². The number of anilines is 1. The van der Waals surface area contributed by atoms with Crippen molar-refractivity contribution in [3.63, 3.8) is 0 Å². The fourth-order valence-corrected chi connectivity index (χ4v) is 2.52. The molecule has 2 amide bonds. The van der Waals surface area contributed by atoms with E-state index in [0.717, 1.165) is 17.2 Å². The molecule has 144 valence electrons. The van der Waals surface area contributed by atoms with Gasteiger partial charge in [0.15, 0.2) is 0 Å². The lowest BCUT2D eigenvalue weighted by molar-refractivity contribution is -0.137. The number of benzene rings is 2. The molecule has 0 saturated carbocycles. The van der Waals surface area contributed by atoms with E-state index < -0.39 is 28.6 Å². The number of carbonyl (C=O) groups is 2. The summed E-state index contributed by atoms with van der Waals surface area (Å²) in [6.07, 6.45) is -4.66. The van der Waals surface area contributed by atoms with E-state index in [1.54, 1.807) is 0 Å². The molecule has 27 heavy (non-hydrogen) atoms. The van der Waals surface area contributed by atoms with Crippen molar-refractivity contribution in [2.45, 2.75) is 32.5 Å². The first kappa shape index (κ1) is 20.8. The van der Waals surface area contributed by atoms with E-state index in [9.17, 15) is 22.8 Å². The number of amides is 2. The summed E-state index contributed by atoms with van der Waals surface area (Å²) < 4.78 is 38.5. The molecule has 0 aliphatic rings. The molecule has 0 saturated heterocycles. The second-order valence-corrected chi connectivity index (χ2v) is 6.63. The summed E-state index contributed by atoms with van der Waals surface area (Å²) in [6, 6.07) is 10.4. The summed E-state index contributed by atoms with van der Waals surface area (Å²) in [5.41, 5.74) is 0.679. The van der Waals surface area contributed by atoms with E-state index in [1.165, 1.54) is 6.07 Å². The second-order valence-electron chi connectivity index (χ2n) is 6.23. The number of carbonyl (C=O) groups excluding carboxylic acids is 2. The highest BCUT2D eigenvalue weighted by atomic mass is 35.5. The molecule has 2 rings (SSSR count). The average Bonchev–Trinajstić information content (AvgIpc) is 2.60. The van der Waals surface area contributed by atoms with Crippen molar-refractivity contribution in [2.24, 2.45) is 0 Å².